The predicted molar refractivity (Wildman–Crippen MR) is 57.8 cm³/mol. The van der Waals surface area contributed by atoms with Crippen LogP contribution in [0, 0.1) is 0 Å². The first-order valence-corrected chi connectivity index (χ1v) is 4.78. The standard InChI is InChI=1S/C9H10N6/c1-2-6(12-9-10-4-5-11-9)8-7(3-1)13-15-14-8/h1-3H,4-5H2,(H2,10,11,12)(H,13,14,15). The Morgan fingerprint density at radius 2 is 2.27 bits per heavy atom. The molecule has 0 radical (unpaired) electrons. The lowest BCUT2D eigenvalue weighted by atomic mass is 10.2. The van der Waals surface area contributed by atoms with E-state index in [1.807, 2.05) is 18.2 Å². The van der Waals surface area contributed by atoms with Gasteiger partial charge >= 0.3 is 0 Å². The van der Waals surface area contributed by atoms with E-state index in [2.05, 4.69) is 31.0 Å². The first kappa shape index (κ1) is 8.22. The van der Waals surface area contributed by atoms with Gasteiger partial charge in [-0.15, -0.1) is 0 Å². The molecule has 2 aromatic rings. The monoisotopic (exact) mass is 202 g/mol. The highest BCUT2D eigenvalue weighted by Crippen LogP contribution is 2.18. The maximum Gasteiger partial charge on any atom is 0.195 e. The second-order valence-corrected chi connectivity index (χ2v) is 3.28. The van der Waals surface area contributed by atoms with Crippen molar-refractivity contribution in [2.45, 2.75) is 0 Å². The van der Waals surface area contributed by atoms with Crippen LogP contribution in [-0.4, -0.2) is 34.5 Å². The molecule has 0 bridgehead atoms. The van der Waals surface area contributed by atoms with Gasteiger partial charge in [-0.3, -0.25) is 4.99 Å². The number of nitrogens with zero attached hydrogens (tertiary/aromatic N) is 3. The summed E-state index contributed by atoms with van der Waals surface area (Å²) in [5.74, 6) is 0.797. The lowest BCUT2D eigenvalue weighted by Gasteiger charge is -2.05. The van der Waals surface area contributed by atoms with E-state index in [0.717, 1.165) is 35.8 Å². The van der Waals surface area contributed by atoms with Crippen molar-refractivity contribution in [2.24, 2.45) is 4.99 Å². The minimum Gasteiger partial charge on any atom is -0.354 e. The molecule has 3 N–H and O–H groups in total. The van der Waals surface area contributed by atoms with E-state index in [0.29, 0.717) is 0 Å². The molecule has 6 nitrogen and oxygen atoms in total. The van der Waals surface area contributed by atoms with Crippen LogP contribution in [0.1, 0.15) is 0 Å². The number of rotatable bonds is 1. The molecule has 1 aliphatic heterocycles. The van der Waals surface area contributed by atoms with E-state index in [1.165, 1.54) is 0 Å². The third kappa shape index (κ3) is 1.39. The molecule has 0 saturated carbocycles. The second kappa shape index (κ2) is 3.23. The Morgan fingerprint density at radius 1 is 1.27 bits per heavy atom. The third-order valence-electron chi connectivity index (χ3n) is 2.27. The molecule has 0 atom stereocenters. The molecule has 2 heterocycles. The van der Waals surface area contributed by atoms with Crippen molar-refractivity contribution in [3.63, 3.8) is 0 Å². The maximum atomic E-state index is 4.26. The van der Waals surface area contributed by atoms with E-state index in [1.54, 1.807) is 0 Å². The van der Waals surface area contributed by atoms with Gasteiger partial charge in [0.05, 0.1) is 12.2 Å². The Balaban J connectivity index is 1.99. The third-order valence-corrected chi connectivity index (χ3v) is 2.27. The molecule has 3 rings (SSSR count). The molecule has 1 aromatic heterocycles. The first-order chi connectivity index (χ1) is 7.43. The van der Waals surface area contributed by atoms with E-state index in [4.69, 9.17) is 0 Å². The van der Waals surface area contributed by atoms with Gasteiger partial charge in [-0.1, -0.05) is 6.07 Å². The van der Waals surface area contributed by atoms with Crippen LogP contribution in [-0.2, 0) is 0 Å². The van der Waals surface area contributed by atoms with Gasteiger partial charge < -0.3 is 10.6 Å². The summed E-state index contributed by atoms with van der Waals surface area (Å²) < 4.78 is 0. The predicted octanol–water partition coefficient (Wildman–Crippen LogP) is 0.329. The van der Waals surface area contributed by atoms with Crippen LogP contribution in [0.5, 0.6) is 0 Å². The summed E-state index contributed by atoms with van der Waals surface area (Å²) in [5.41, 5.74) is 2.59. The van der Waals surface area contributed by atoms with Crippen LogP contribution in [0.25, 0.3) is 11.0 Å². The highest BCUT2D eigenvalue weighted by atomic mass is 15.3. The Labute approximate surface area is 85.8 Å². The Hall–Kier alpha value is -2.11. The molecule has 15 heavy (non-hydrogen) atoms. The largest absolute Gasteiger partial charge is 0.354 e. The quantitative estimate of drug-likeness (QED) is 0.622. The maximum absolute atomic E-state index is 4.26. The lowest BCUT2D eigenvalue weighted by molar-refractivity contribution is 0.957. The van der Waals surface area contributed by atoms with Crippen molar-refractivity contribution in [3.8, 4) is 0 Å². The average molecular weight is 202 g/mol. The van der Waals surface area contributed by atoms with Crippen molar-refractivity contribution in [2.75, 3.05) is 18.4 Å². The number of nitrogens with one attached hydrogen (secondary N) is 3. The fourth-order valence-corrected chi connectivity index (χ4v) is 1.58. The molecule has 0 fully saturated rings. The zero-order chi connectivity index (χ0) is 10.1. The van der Waals surface area contributed by atoms with Gasteiger partial charge in [-0.25, -0.2) is 0 Å². The van der Waals surface area contributed by atoms with Crippen LogP contribution in [0.4, 0.5) is 5.69 Å². The summed E-state index contributed by atoms with van der Waals surface area (Å²) in [6.07, 6.45) is 0. The van der Waals surface area contributed by atoms with E-state index in [9.17, 15) is 0 Å². The number of aromatic nitrogens is 3. The smallest absolute Gasteiger partial charge is 0.195 e. The number of benzene rings is 1. The lowest BCUT2D eigenvalue weighted by Crippen LogP contribution is -2.26. The number of guanidine groups is 1. The summed E-state index contributed by atoms with van der Waals surface area (Å²) in [6, 6.07) is 5.80. The summed E-state index contributed by atoms with van der Waals surface area (Å²) in [6.45, 7) is 1.70. The van der Waals surface area contributed by atoms with Gasteiger partial charge in [0.25, 0.3) is 0 Å². The van der Waals surface area contributed by atoms with Crippen LogP contribution >= 0.6 is 0 Å². The van der Waals surface area contributed by atoms with Crippen LogP contribution < -0.4 is 10.6 Å². The zero-order valence-corrected chi connectivity index (χ0v) is 7.99. The molecule has 6 heteroatoms. The Morgan fingerprint density at radius 3 is 3.13 bits per heavy atom. The van der Waals surface area contributed by atoms with Gasteiger partial charge in [0.15, 0.2) is 5.96 Å². The number of aromatic amines is 1. The van der Waals surface area contributed by atoms with Crippen molar-refractivity contribution >= 4 is 22.7 Å². The van der Waals surface area contributed by atoms with E-state index < -0.39 is 0 Å². The average Bonchev–Trinajstić information content (AvgIpc) is 2.87. The number of para-hydroxylation sites is 1. The fourth-order valence-electron chi connectivity index (χ4n) is 1.58. The van der Waals surface area contributed by atoms with E-state index in [-0.39, 0.29) is 0 Å². The number of hydrogen-bond donors (Lipinski definition) is 3. The van der Waals surface area contributed by atoms with Crippen molar-refractivity contribution < 1.29 is 0 Å². The normalized spacial score (nSPS) is 15.1. The minimum atomic E-state index is 0.797. The highest BCUT2D eigenvalue weighted by molar-refractivity contribution is 6.01. The van der Waals surface area contributed by atoms with Gasteiger partial charge in [0.1, 0.15) is 11.0 Å². The molecule has 0 unspecified atom stereocenters. The molecular formula is C9H10N6. The van der Waals surface area contributed by atoms with Crippen molar-refractivity contribution in [3.05, 3.63) is 18.2 Å². The topological polar surface area (TPSA) is 78.0 Å². The first-order valence-electron chi connectivity index (χ1n) is 4.78. The number of hydrogen-bond acceptors (Lipinski definition) is 5. The fraction of sp³-hybridized carbons (Fsp3) is 0.222. The van der Waals surface area contributed by atoms with Crippen molar-refractivity contribution in [1.82, 2.24) is 20.7 Å². The summed E-state index contributed by atoms with van der Waals surface area (Å²) in [5, 5.41) is 17.0. The van der Waals surface area contributed by atoms with E-state index >= 15 is 0 Å². The van der Waals surface area contributed by atoms with Crippen LogP contribution in [0.2, 0.25) is 0 Å². The van der Waals surface area contributed by atoms with Crippen molar-refractivity contribution in [1.29, 1.82) is 0 Å². The summed E-state index contributed by atoms with van der Waals surface area (Å²) >= 11 is 0. The molecular weight excluding hydrogens is 192 g/mol. The molecule has 0 spiro atoms. The second-order valence-electron chi connectivity index (χ2n) is 3.28. The highest BCUT2D eigenvalue weighted by Gasteiger charge is 2.08. The molecule has 1 aliphatic rings. The molecule has 0 amide bonds. The van der Waals surface area contributed by atoms with Crippen LogP contribution in [0.15, 0.2) is 23.2 Å². The number of H-pyrrole nitrogens is 1. The van der Waals surface area contributed by atoms with Gasteiger partial charge in [-0.05, 0) is 12.1 Å². The SMILES string of the molecule is c1cc(NC2=NCCN2)c2n[nH]nc2c1. The summed E-state index contributed by atoms with van der Waals surface area (Å²) in [7, 11) is 0. The van der Waals surface area contributed by atoms with Gasteiger partial charge in [-0.2, -0.15) is 15.4 Å². The number of aliphatic imine (C=N–C) groups is 1. The molecule has 76 valence electrons. The number of fused-ring (bicyclic) bond motifs is 1. The Kier molecular flexibility index (Phi) is 1.77. The zero-order valence-electron chi connectivity index (χ0n) is 7.99. The minimum absolute atomic E-state index is 0.797. The van der Waals surface area contributed by atoms with Gasteiger partial charge in [0.2, 0.25) is 0 Å². The molecule has 0 saturated heterocycles. The van der Waals surface area contributed by atoms with Gasteiger partial charge in [0, 0.05) is 6.54 Å². The molecule has 0 aliphatic carbocycles. The summed E-state index contributed by atoms with van der Waals surface area (Å²) in [4.78, 5) is 4.26. The number of anilines is 1. The van der Waals surface area contributed by atoms with Crippen LogP contribution in [0.3, 0.4) is 0 Å². The Bertz CT molecular complexity index is 514. The molecule has 1 aromatic carbocycles.